The number of imide groups is 1. The fourth-order valence-corrected chi connectivity index (χ4v) is 5.37. The van der Waals surface area contributed by atoms with Crippen LogP contribution in [0.15, 0.2) is 29.2 Å². The number of carbonyl (C=O) groups excluding carboxylic acids is 2. The molecule has 0 bridgehead atoms. The summed E-state index contributed by atoms with van der Waals surface area (Å²) in [6.07, 6.45) is 1.89. The number of sulfonamides is 1. The number of piperazine rings is 1. The van der Waals surface area contributed by atoms with E-state index in [1.165, 1.54) is 33.5 Å². The lowest BCUT2D eigenvalue weighted by molar-refractivity contribution is -0.133. The molecule has 3 amide bonds. The van der Waals surface area contributed by atoms with Crippen LogP contribution in [0.2, 0.25) is 0 Å². The molecule has 3 aliphatic rings. The number of hydrogen-bond donors (Lipinski definition) is 1. The summed E-state index contributed by atoms with van der Waals surface area (Å²) in [6.45, 7) is 3.34. The molecule has 0 aromatic heterocycles. The third kappa shape index (κ3) is 3.50. The van der Waals surface area contributed by atoms with Gasteiger partial charge in [0.25, 0.3) is 5.91 Å². The Hall–Kier alpha value is -2.48. The van der Waals surface area contributed by atoms with E-state index in [4.69, 9.17) is 5.26 Å². The van der Waals surface area contributed by atoms with Crippen molar-refractivity contribution in [1.82, 2.24) is 19.4 Å². The van der Waals surface area contributed by atoms with Gasteiger partial charge in [-0.2, -0.15) is 9.57 Å². The van der Waals surface area contributed by atoms with Crippen molar-refractivity contribution >= 4 is 22.0 Å². The molecule has 29 heavy (non-hydrogen) atoms. The van der Waals surface area contributed by atoms with Gasteiger partial charge in [0, 0.05) is 26.2 Å². The highest BCUT2D eigenvalue weighted by molar-refractivity contribution is 7.89. The number of benzene rings is 1. The van der Waals surface area contributed by atoms with Crippen molar-refractivity contribution in [2.75, 3.05) is 32.8 Å². The number of amides is 3. The molecule has 3 fully saturated rings. The minimum Gasteiger partial charge on any atom is -0.323 e. The fraction of sp³-hybridized carbons (Fsp3) is 0.526. The molecular weight excluding hydrogens is 394 g/mol. The van der Waals surface area contributed by atoms with Crippen LogP contribution in [-0.2, 0) is 14.8 Å². The van der Waals surface area contributed by atoms with E-state index < -0.39 is 15.6 Å². The number of carbonyl (C=O) groups is 2. The highest BCUT2D eigenvalue weighted by atomic mass is 32.2. The normalized spacial score (nSPS) is 26.4. The molecule has 2 saturated heterocycles. The van der Waals surface area contributed by atoms with E-state index in [0.717, 1.165) is 12.8 Å². The van der Waals surface area contributed by atoms with Gasteiger partial charge in [-0.05, 0) is 49.9 Å². The summed E-state index contributed by atoms with van der Waals surface area (Å²) in [5, 5.41) is 11.7. The topological polar surface area (TPSA) is 114 Å². The minimum absolute atomic E-state index is 0.152. The molecule has 1 atom stereocenters. The van der Waals surface area contributed by atoms with Crippen LogP contribution in [-0.4, -0.2) is 72.8 Å². The van der Waals surface area contributed by atoms with Gasteiger partial charge in [0.2, 0.25) is 10.0 Å². The van der Waals surface area contributed by atoms with E-state index in [1.807, 2.05) is 11.0 Å². The molecule has 4 rings (SSSR count). The maximum Gasteiger partial charge on any atom is 0.326 e. The second-order valence-electron chi connectivity index (χ2n) is 7.94. The van der Waals surface area contributed by atoms with Gasteiger partial charge in [0.1, 0.15) is 5.54 Å². The molecule has 154 valence electrons. The highest BCUT2D eigenvalue weighted by Gasteiger charge is 2.56. The minimum atomic E-state index is -3.64. The summed E-state index contributed by atoms with van der Waals surface area (Å²) in [7, 11) is -3.64. The Labute approximate surface area is 169 Å². The van der Waals surface area contributed by atoms with Crippen LogP contribution in [0.3, 0.4) is 0 Å². The summed E-state index contributed by atoms with van der Waals surface area (Å²) in [4.78, 5) is 28.4. The molecule has 1 aromatic carbocycles. The first-order chi connectivity index (χ1) is 13.8. The molecule has 9 nitrogen and oxygen atoms in total. The average molecular weight is 417 g/mol. The summed E-state index contributed by atoms with van der Waals surface area (Å²) in [5.41, 5.74) is -0.404. The molecule has 0 radical (unpaired) electrons. The van der Waals surface area contributed by atoms with Crippen molar-refractivity contribution in [1.29, 1.82) is 5.26 Å². The smallest absolute Gasteiger partial charge is 0.323 e. The maximum absolute atomic E-state index is 12.8. The molecule has 2 aliphatic heterocycles. The Bertz CT molecular complexity index is 975. The van der Waals surface area contributed by atoms with E-state index >= 15 is 0 Å². The number of nitriles is 1. The first kappa shape index (κ1) is 19.8. The largest absolute Gasteiger partial charge is 0.326 e. The predicted octanol–water partition coefficient (Wildman–Crippen LogP) is 0.543. The van der Waals surface area contributed by atoms with Gasteiger partial charge in [0.05, 0.1) is 23.2 Å². The van der Waals surface area contributed by atoms with Crippen molar-refractivity contribution in [3.05, 3.63) is 29.8 Å². The third-order valence-corrected chi connectivity index (χ3v) is 7.90. The van der Waals surface area contributed by atoms with Crippen molar-refractivity contribution in [2.45, 2.75) is 30.2 Å². The van der Waals surface area contributed by atoms with Crippen LogP contribution in [0.4, 0.5) is 4.79 Å². The lowest BCUT2D eigenvalue weighted by atomic mass is 9.96. The maximum atomic E-state index is 12.8. The second kappa shape index (κ2) is 7.09. The Balaban J connectivity index is 1.37. The van der Waals surface area contributed by atoms with Gasteiger partial charge in [-0.1, -0.05) is 0 Å². The zero-order chi connectivity index (χ0) is 20.8. The van der Waals surface area contributed by atoms with E-state index in [-0.39, 0.29) is 42.5 Å². The monoisotopic (exact) mass is 417 g/mol. The number of hydrogen-bond acceptors (Lipinski definition) is 6. The van der Waals surface area contributed by atoms with Gasteiger partial charge >= 0.3 is 6.03 Å². The van der Waals surface area contributed by atoms with Crippen molar-refractivity contribution in [3.8, 4) is 6.07 Å². The van der Waals surface area contributed by atoms with Crippen LogP contribution in [0, 0.1) is 17.2 Å². The molecule has 1 N–H and O–H groups in total. The van der Waals surface area contributed by atoms with Crippen LogP contribution in [0.25, 0.3) is 0 Å². The van der Waals surface area contributed by atoms with E-state index in [2.05, 4.69) is 5.32 Å². The second-order valence-corrected chi connectivity index (χ2v) is 9.88. The summed E-state index contributed by atoms with van der Waals surface area (Å²) >= 11 is 0. The number of nitrogens with one attached hydrogen (secondary N) is 1. The molecule has 1 saturated carbocycles. The molecule has 0 spiro atoms. The SMILES string of the molecule is C[C@@]1(C2CC2)NC(=O)N(CN2CCN(S(=O)(=O)c3ccc(C#N)cc3)CC2)C1=O. The number of nitrogens with zero attached hydrogens (tertiary/aromatic N) is 4. The zero-order valence-electron chi connectivity index (χ0n) is 16.2. The third-order valence-electron chi connectivity index (χ3n) is 5.99. The van der Waals surface area contributed by atoms with E-state index in [9.17, 15) is 18.0 Å². The summed E-state index contributed by atoms with van der Waals surface area (Å²) in [5.74, 6) is 0.0102. The van der Waals surface area contributed by atoms with Crippen molar-refractivity contribution in [3.63, 3.8) is 0 Å². The van der Waals surface area contributed by atoms with Crippen molar-refractivity contribution < 1.29 is 18.0 Å². The molecule has 1 aliphatic carbocycles. The Morgan fingerprint density at radius 1 is 1.14 bits per heavy atom. The molecule has 1 aromatic rings. The van der Waals surface area contributed by atoms with Gasteiger partial charge in [-0.15, -0.1) is 0 Å². The Morgan fingerprint density at radius 3 is 2.31 bits per heavy atom. The quantitative estimate of drug-likeness (QED) is 0.700. The average Bonchev–Trinajstić information content (AvgIpc) is 3.54. The van der Waals surface area contributed by atoms with E-state index in [0.29, 0.717) is 18.7 Å². The standard InChI is InChI=1S/C19H23N5O4S/c1-19(15-4-5-15)17(25)24(18(26)21-19)13-22-8-10-23(11-9-22)29(27,28)16-6-2-14(12-20)3-7-16/h2-3,6-7,15H,4-5,8-11,13H2,1H3,(H,21,26)/t19-/m0/s1. The van der Waals surface area contributed by atoms with Crippen molar-refractivity contribution in [2.24, 2.45) is 5.92 Å². The molecule has 0 unspecified atom stereocenters. The lowest BCUT2D eigenvalue weighted by Gasteiger charge is -2.35. The van der Waals surface area contributed by atoms with Gasteiger partial charge < -0.3 is 5.32 Å². The highest BCUT2D eigenvalue weighted by Crippen LogP contribution is 2.42. The molecule has 10 heteroatoms. The Kier molecular flexibility index (Phi) is 4.85. The lowest BCUT2D eigenvalue weighted by Crippen LogP contribution is -2.53. The Morgan fingerprint density at radius 2 is 1.76 bits per heavy atom. The summed E-state index contributed by atoms with van der Waals surface area (Å²) in [6, 6.07) is 7.43. The zero-order valence-corrected chi connectivity index (χ0v) is 17.0. The van der Waals surface area contributed by atoms with Crippen LogP contribution in [0.5, 0.6) is 0 Å². The van der Waals surface area contributed by atoms with Crippen LogP contribution < -0.4 is 5.32 Å². The van der Waals surface area contributed by atoms with Crippen LogP contribution in [0.1, 0.15) is 25.3 Å². The predicted molar refractivity (Wildman–Crippen MR) is 103 cm³/mol. The first-order valence-electron chi connectivity index (χ1n) is 9.62. The van der Waals surface area contributed by atoms with Gasteiger partial charge in [-0.3, -0.25) is 9.69 Å². The molecule has 2 heterocycles. The fourth-order valence-electron chi connectivity index (χ4n) is 3.94. The van der Waals surface area contributed by atoms with E-state index in [1.54, 1.807) is 6.92 Å². The number of urea groups is 1. The van der Waals surface area contributed by atoms with Gasteiger partial charge in [-0.25, -0.2) is 18.1 Å². The molecular formula is C19H23N5O4S. The summed E-state index contributed by atoms with van der Waals surface area (Å²) < 4.78 is 27.0. The number of rotatable bonds is 5. The van der Waals surface area contributed by atoms with Crippen LogP contribution >= 0.6 is 0 Å². The first-order valence-corrected chi connectivity index (χ1v) is 11.1. The van der Waals surface area contributed by atoms with Gasteiger partial charge in [0.15, 0.2) is 0 Å².